The molecule has 1 rings (SSSR count). The molecule has 0 aromatic heterocycles. The maximum absolute atomic E-state index is 6.04. The maximum atomic E-state index is 6.04. The van der Waals surface area contributed by atoms with Crippen molar-refractivity contribution in [2.75, 3.05) is 26.7 Å². The van der Waals surface area contributed by atoms with E-state index in [1.165, 1.54) is 12.0 Å². The third kappa shape index (κ3) is 5.74. The van der Waals surface area contributed by atoms with Crippen molar-refractivity contribution in [2.24, 2.45) is 5.92 Å². The number of alkyl halides is 1. The smallest absolute Gasteiger partial charge is 0.119 e. The van der Waals surface area contributed by atoms with Crippen LogP contribution in [0.25, 0.3) is 0 Å². The van der Waals surface area contributed by atoms with Crippen LogP contribution >= 0.6 is 11.6 Å². The van der Waals surface area contributed by atoms with Crippen LogP contribution in [0.5, 0.6) is 5.75 Å². The highest BCUT2D eigenvalue weighted by atomic mass is 35.5. The van der Waals surface area contributed by atoms with Gasteiger partial charge in [0, 0.05) is 19.6 Å². The van der Waals surface area contributed by atoms with E-state index in [0.29, 0.717) is 11.8 Å². The molecule has 0 aliphatic rings. The van der Waals surface area contributed by atoms with Gasteiger partial charge in [-0.1, -0.05) is 18.6 Å². The Morgan fingerprint density at radius 2 is 2.06 bits per heavy atom. The molecule has 0 aliphatic heterocycles. The van der Waals surface area contributed by atoms with Gasteiger partial charge in [-0.15, -0.1) is 11.6 Å². The van der Waals surface area contributed by atoms with E-state index in [0.717, 1.165) is 31.6 Å². The SMILES string of the molecule is COCCCCC(CCl)Cc1cccc(OC)c1. The Morgan fingerprint density at radius 1 is 1.22 bits per heavy atom. The van der Waals surface area contributed by atoms with Crippen molar-refractivity contribution < 1.29 is 9.47 Å². The average Bonchev–Trinajstić information content (AvgIpc) is 2.42. The van der Waals surface area contributed by atoms with Crippen LogP contribution in [-0.2, 0) is 11.2 Å². The zero-order chi connectivity index (χ0) is 13.2. The molecule has 0 amide bonds. The van der Waals surface area contributed by atoms with Crippen molar-refractivity contribution in [3.63, 3.8) is 0 Å². The molecule has 0 saturated carbocycles. The molecule has 18 heavy (non-hydrogen) atoms. The normalized spacial score (nSPS) is 12.4. The number of halogens is 1. The predicted octanol–water partition coefficient (Wildman–Crippen LogP) is 3.91. The first-order chi connectivity index (χ1) is 8.80. The number of rotatable bonds is 9. The van der Waals surface area contributed by atoms with E-state index in [1.54, 1.807) is 14.2 Å². The van der Waals surface area contributed by atoms with Crippen molar-refractivity contribution in [1.29, 1.82) is 0 Å². The second kappa shape index (κ2) is 9.23. The summed E-state index contributed by atoms with van der Waals surface area (Å²) in [6.07, 6.45) is 4.47. The van der Waals surface area contributed by atoms with Gasteiger partial charge in [0.1, 0.15) is 5.75 Å². The van der Waals surface area contributed by atoms with Gasteiger partial charge in [-0.3, -0.25) is 0 Å². The standard InChI is InChI=1S/C15H23ClO2/c1-17-9-4-3-6-14(12-16)10-13-7-5-8-15(11-13)18-2/h5,7-8,11,14H,3-4,6,9-10,12H2,1-2H3. The summed E-state index contributed by atoms with van der Waals surface area (Å²) in [4.78, 5) is 0. The van der Waals surface area contributed by atoms with Crippen LogP contribution in [0.4, 0.5) is 0 Å². The van der Waals surface area contributed by atoms with Gasteiger partial charge in [0.2, 0.25) is 0 Å². The van der Waals surface area contributed by atoms with E-state index in [-0.39, 0.29) is 0 Å². The largest absolute Gasteiger partial charge is 0.497 e. The third-order valence-corrected chi connectivity index (χ3v) is 3.52. The summed E-state index contributed by atoms with van der Waals surface area (Å²) in [6, 6.07) is 8.23. The molecule has 0 N–H and O–H groups in total. The van der Waals surface area contributed by atoms with Gasteiger partial charge in [0.25, 0.3) is 0 Å². The zero-order valence-corrected chi connectivity index (χ0v) is 12.1. The lowest BCUT2D eigenvalue weighted by atomic mass is 9.95. The van der Waals surface area contributed by atoms with Crippen molar-refractivity contribution in [3.8, 4) is 5.75 Å². The van der Waals surface area contributed by atoms with Gasteiger partial charge in [-0.05, 0) is 42.9 Å². The Hall–Kier alpha value is -0.730. The number of hydrogen-bond donors (Lipinski definition) is 0. The minimum atomic E-state index is 0.538. The Bertz CT molecular complexity index is 328. The molecule has 0 fully saturated rings. The van der Waals surface area contributed by atoms with E-state index in [2.05, 4.69) is 12.1 Å². The molecular formula is C15H23ClO2. The average molecular weight is 271 g/mol. The first-order valence-corrected chi connectivity index (χ1v) is 7.01. The first-order valence-electron chi connectivity index (χ1n) is 6.48. The Morgan fingerprint density at radius 3 is 2.72 bits per heavy atom. The Balaban J connectivity index is 2.41. The number of benzene rings is 1. The molecule has 2 nitrogen and oxygen atoms in total. The van der Waals surface area contributed by atoms with Crippen molar-refractivity contribution in [2.45, 2.75) is 25.7 Å². The van der Waals surface area contributed by atoms with Gasteiger partial charge >= 0.3 is 0 Å². The van der Waals surface area contributed by atoms with E-state index in [1.807, 2.05) is 12.1 Å². The fourth-order valence-corrected chi connectivity index (χ4v) is 2.31. The predicted molar refractivity (Wildman–Crippen MR) is 76.6 cm³/mol. The summed E-state index contributed by atoms with van der Waals surface area (Å²) in [5, 5.41) is 0. The van der Waals surface area contributed by atoms with Crippen LogP contribution in [0.3, 0.4) is 0 Å². The van der Waals surface area contributed by atoms with Gasteiger partial charge in [-0.25, -0.2) is 0 Å². The van der Waals surface area contributed by atoms with E-state index < -0.39 is 0 Å². The molecule has 0 spiro atoms. The zero-order valence-electron chi connectivity index (χ0n) is 11.3. The number of hydrogen-bond acceptors (Lipinski definition) is 2. The fourth-order valence-electron chi connectivity index (χ4n) is 2.05. The molecule has 0 heterocycles. The molecule has 0 radical (unpaired) electrons. The molecular weight excluding hydrogens is 248 g/mol. The van der Waals surface area contributed by atoms with Crippen LogP contribution in [0, 0.1) is 5.92 Å². The van der Waals surface area contributed by atoms with E-state index >= 15 is 0 Å². The van der Waals surface area contributed by atoms with Crippen molar-refractivity contribution in [1.82, 2.24) is 0 Å². The quantitative estimate of drug-likeness (QED) is 0.500. The molecule has 1 aromatic carbocycles. The van der Waals surface area contributed by atoms with Gasteiger partial charge in [-0.2, -0.15) is 0 Å². The van der Waals surface area contributed by atoms with Gasteiger partial charge < -0.3 is 9.47 Å². The molecule has 1 aromatic rings. The monoisotopic (exact) mass is 270 g/mol. The summed E-state index contributed by atoms with van der Waals surface area (Å²) < 4.78 is 10.3. The van der Waals surface area contributed by atoms with Crippen molar-refractivity contribution in [3.05, 3.63) is 29.8 Å². The fraction of sp³-hybridized carbons (Fsp3) is 0.600. The summed E-state index contributed by atoms with van der Waals surface area (Å²) in [5.41, 5.74) is 1.30. The van der Waals surface area contributed by atoms with Crippen LogP contribution in [0.1, 0.15) is 24.8 Å². The molecule has 0 aliphatic carbocycles. The number of unbranched alkanes of at least 4 members (excludes halogenated alkanes) is 1. The molecule has 1 unspecified atom stereocenters. The van der Waals surface area contributed by atoms with Crippen LogP contribution in [0.15, 0.2) is 24.3 Å². The Labute approximate surface area is 115 Å². The molecule has 0 saturated heterocycles. The second-order valence-corrected chi connectivity index (χ2v) is 4.87. The minimum absolute atomic E-state index is 0.538. The highest BCUT2D eigenvalue weighted by Gasteiger charge is 2.09. The second-order valence-electron chi connectivity index (χ2n) is 4.56. The third-order valence-electron chi connectivity index (χ3n) is 3.09. The first kappa shape index (κ1) is 15.3. The topological polar surface area (TPSA) is 18.5 Å². The lowest BCUT2D eigenvalue weighted by Crippen LogP contribution is -2.07. The summed E-state index contributed by atoms with van der Waals surface area (Å²) in [5.74, 6) is 2.17. The maximum Gasteiger partial charge on any atom is 0.119 e. The lowest BCUT2D eigenvalue weighted by Gasteiger charge is -2.14. The highest BCUT2D eigenvalue weighted by Crippen LogP contribution is 2.20. The summed E-state index contributed by atoms with van der Waals surface area (Å²) >= 11 is 6.04. The molecule has 102 valence electrons. The molecule has 0 bridgehead atoms. The number of methoxy groups -OCH3 is 2. The lowest BCUT2D eigenvalue weighted by molar-refractivity contribution is 0.190. The highest BCUT2D eigenvalue weighted by molar-refractivity contribution is 6.18. The minimum Gasteiger partial charge on any atom is -0.497 e. The van der Waals surface area contributed by atoms with Gasteiger partial charge in [0.15, 0.2) is 0 Å². The van der Waals surface area contributed by atoms with E-state index in [9.17, 15) is 0 Å². The summed E-state index contributed by atoms with van der Waals surface area (Å²) in [6.45, 7) is 0.841. The number of ether oxygens (including phenoxy) is 2. The Kier molecular flexibility index (Phi) is 7.86. The van der Waals surface area contributed by atoms with Crippen LogP contribution in [-0.4, -0.2) is 26.7 Å². The molecule has 1 atom stereocenters. The molecule has 3 heteroatoms. The van der Waals surface area contributed by atoms with Crippen molar-refractivity contribution >= 4 is 11.6 Å². The summed E-state index contributed by atoms with van der Waals surface area (Å²) in [7, 11) is 3.44. The van der Waals surface area contributed by atoms with E-state index in [4.69, 9.17) is 21.1 Å². The van der Waals surface area contributed by atoms with Crippen LogP contribution in [0.2, 0.25) is 0 Å². The van der Waals surface area contributed by atoms with Gasteiger partial charge in [0.05, 0.1) is 7.11 Å². The van der Waals surface area contributed by atoms with Crippen LogP contribution < -0.4 is 4.74 Å².